The van der Waals surface area contributed by atoms with Crippen molar-refractivity contribution in [2.75, 3.05) is 19.8 Å². The summed E-state index contributed by atoms with van der Waals surface area (Å²) >= 11 is 0. The Morgan fingerprint density at radius 2 is 1.33 bits per heavy atom. The lowest BCUT2D eigenvalue weighted by atomic mass is 9.93. The number of aryl methyl sites for hydroxylation is 2. The van der Waals surface area contributed by atoms with Crippen molar-refractivity contribution < 1.29 is 45.7 Å². The molecule has 184 valence electrons. The fourth-order valence-electron chi connectivity index (χ4n) is 3.09. The van der Waals surface area contributed by atoms with E-state index < -0.39 is 53.8 Å². The molecule has 0 saturated heterocycles. The number of hydrogen-bond donors (Lipinski definition) is 3. The Morgan fingerprint density at radius 1 is 0.788 bits per heavy atom. The molecule has 0 atom stereocenters. The lowest BCUT2D eigenvalue weighted by molar-refractivity contribution is -0.140. The summed E-state index contributed by atoms with van der Waals surface area (Å²) in [4.78, 5) is 0. The Bertz CT molecular complexity index is 925. The maximum Gasteiger partial charge on any atom is 0.419 e. The van der Waals surface area contributed by atoms with Gasteiger partial charge in [-0.05, 0) is 61.1 Å². The van der Waals surface area contributed by atoms with Crippen LogP contribution in [0.25, 0.3) is 0 Å². The molecular weight excluding hydrogens is 459 g/mol. The predicted molar refractivity (Wildman–Crippen MR) is 106 cm³/mol. The van der Waals surface area contributed by atoms with Crippen molar-refractivity contribution in [1.82, 2.24) is 0 Å². The SMILES string of the molecule is NC(CO)(CO)CCc1ccc(OCCCc2ccc(F)c(C(F)(F)F)c2)c(C(F)(F)F)c1. The molecule has 0 spiro atoms. The smallest absolute Gasteiger partial charge is 0.419 e. The molecule has 11 heteroatoms. The predicted octanol–water partition coefficient (Wildman–Crippen LogP) is 4.49. The van der Waals surface area contributed by atoms with Crippen LogP contribution >= 0.6 is 0 Å². The molecule has 2 rings (SSSR count). The lowest BCUT2D eigenvalue weighted by Crippen LogP contribution is -2.47. The van der Waals surface area contributed by atoms with Crippen LogP contribution in [0.5, 0.6) is 5.75 Å². The van der Waals surface area contributed by atoms with Gasteiger partial charge in [0.1, 0.15) is 11.6 Å². The maximum absolute atomic E-state index is 13.5. The third kappa shape index (κ3) is 7.58. The minimum absolute atomic E-state index is 0.0453. The standard InChI is InChI=1S/C22H24F7NO3/c23-18-5-3-14(10-16(18)21(24,25)26)2-1-9-33-19-6-4-15(11-17(19)22(27,28)29)7-8-20(30,12-31)13-32/h3-6,10-11,31-32H,1-2,7-9,12-13,30H2. The molecule has 0 heterocycles. The van der Waals surface area contributed by atoms with Crippen LogP contribution in [0, 0.1) is 5.82 Å². The molecule has 0 amide bonds. The second kappa shape index (κ2) is 10.7. The van der Waals surface area contributed by atoms with E-state index in [-0.39, 0.29) is 43.4 Å². The van der Waals surface area contributed by atoms with Gasteiger partial charge in [0.05, 0.1) is 36.5 Å². The van der Waals surface area contributed by atoms with Crippen LogP contribution in [-0.4, -0.2) is 35.6 Å². The number of aliphatic hydroxyl groups is 2. The van der Waals surface area contributed by atoms with Crippen molar-refractivity contribution in [1.29, 1.82) is 0 Å². The van der Waals surface area contributed by atoms with Gasteiger partial charge in [-0.3, -0.25) is 0 Å². The van der Waals surface area contributed by atoms with Gasteiger partial charge in [-0.25, -0.2) is 4.39 Å². The number of halogens is 7. The largest absolute Gasteiger partial charge is 0.493 e. The van der Waals surface area contributed by atoms with E-state index in [1.54, 1.807) is 0 Å². The first-order valence-corrected chi connectivity index (χ1v) is 9.98. The summed E-state index contributed by atoms with van der Waals surface area (Å²) in [5, 5.41) is 18.4. The van der Waals surface area contributed by atoms with E-state index >= 15 is 0 Å². The zero-order valence-electron chi connectivity index (χ0n) is 17.4. The van der Waals surface area contributed by atoms with Gasteiger partial charge in [0.15, 0.2) is 0 Å². The van der Waals surface area contributed by atoms with E-state index in [4.69, 9.17) is 10.5 Å². The highest BCUT2D eigenvalue weighted by Gasteiger charge is 2.35. The number of rotatable bonds is 10. The van der Waals surface area contributed by atoms with Gasteiger partial charge in [0, 0.05) is 0 Å². The number of nitrogens with two attached hydrogens (primary N) is 1. The molecule has 2 aromatic rings. The van der Waals surface area contributed by atoms with Crippen LogP contribution in [0.2, 0.25) is 0 Å². The Morgan fingerprint density at radius 3 is 1.91 bits per heavy atom. The fraction of sp³-hybridized carbons (Fsp3) is 0.455. The molecule has 0 saturated carbocycles. The van der Waals surface area contributed by atoms with Crippen LogP contribution in [0.15, 0.2) is 36.4 Å². The first kappa shape index (κ1) is 26.9. The highest BCUT2D eigenvalue weighted by molar-refractivity contribution is 5.39. The fourth-order valence-corrected chi connectivity index (χ4v) is 3.09. The molecule has 2 aromatic carbocycles. The van der Waals surface area contributed by atoms with Crippen LogP contribution in [0.4, 0.5) is 30.7 Å². The summed E-state index contributed by atoms with van der Waals surface area (Å²) in [5.74, 6) is -1.84. The molecule has 0 aromatic heterocycles. The molecule has 4 nitrogen and oxygen atoms in total. The first-order chi connectivity index (χ1) is 15.3. The van der Waals surface area contributed by atoms with Crippen molar-refractivity contribution in [2.45, 2.75) is 43.6 Å². The third-order valence-electron chi connectivity index (χ3n) is 5.09. The summed E-state index contributed by atoms with van der Waals surface area (Å²) in [6.07, 6.45) is -9.30. The van der Waals surface area contributed by atoms with E-state index in [1.807, 2.05) is 0 Å². The average Bonchev–Trinajstić information content (AvgIpc) is 2.75. The van der Waals surface area contributed by atoms with E-state index in [1.165, 1.54) is 12.1 Å². The molecule has 0 radical (unpaired) electrons. The maximum atomic E-state index is 13.5. The van der Waals surface area contributed by atoms with Crippen LogP contribution in [-0.2, 0) is 25.2 Å². The third-order valence-corrected chi connectivity index (χ3v) is 5.09. The van der Waals surface area contributed by atoms with E-state index in [0.29, 0.717) is 12.1 Å². The molecule has 0 fully saturated rings. The zero-order valence-corrected chi connectivity index (χ0v) is 17.4. The second-order valence-corrected chi connectivity index (χ2v) is 7.77. The average molecular weight is 483 g/mol. The van der Waals surface area contributed by atoms with Gasteiger partial charge in [-0.1, -0.05) is 12.1 Å². The minimum atomic E-state index is -4.85. The minimum Gasteiger partial charge on any atom is -0.493 e. The van der Waals surface area contributed by atoms with Crippen LogP contribution < -0.4 is 10.5 Å². The highest BCUT2D eigenvalue weighted by atomic mass is 19.4. The van der Waals surface area contributed by atoms with Crippen LogP contribution in [0.3, 0.4) is 0 Å². The van der Waals surface area contributed by atoms with Crippen LogP contribution in [0.1, 0.15) is 35.1 Å². The Balaban J connectivity index is 2.04. The number of hydrogen-bond acceptors (Lipinski definition) is 4. The lowest BCUT2D eigenvalue weighted by Gasteiger charge is -2.24. The number of benzene rings is 2. The van der Waals surface area contributed by atoms with Crippen molar-refractivity contribution in [3.63, 3.8) is 0 Å². The van der Waals surface area contributed by atoms with Crippen molar-refractivity contribution >= 4 is 0 Å². The summed E-state index contributed by atoms with van der Waals surface area (Å²) < 4.78 is 97.4. The molecule has 0 aliphatic carbocycles. The highest BCUT2D eigenvalue weighted by Crippen LogP contribution is 2.37. The van der Waals surface area contributed by atoms with Crippen molar-refractivity contribution in [3.05, 3.63) is 64.5 Å². The van der Waals surface area contributed by atoms with Gasteiger partial charge >= 0.3 is 12.4 Å². The summed E-state index contributed by atoms with van der Waals surface area (Å²) in [6.45, 7) is -1.27. The Kier molecular flexibility index (Phi) is 8.72. The number of alkyl halides is 6. The number of aliphatic hydroxyl groups excluding tert-OH is 2. The summed E-state index contributed by atoms with van der Waals surface area (Å²) in [6, 6.07) is 5.96. The molecular formula is C22H24F7NO3. The summed E-state index contributed by atoms with van der Waals surface area (Å²) in [5.41, 5.74) is 2.44. The van der Waals surface area contributed by atoms with Gasteiger partial charge < -0.3 is 20.7 Å². The second-order valence-electron chi connectivity index (χ2n) is 7.77. The normalized spacial score (nSPS) is 12.8. The topological polar surface area (TPSA) is 75.7 Å². The zero-order chi connectivity index (χ0) is 24.9. The monoisotopic (exact) mass is 483 g/mol. The molecule has 0 aliphatic heterocycles. The van der Waals surface area contributed by atoms with E-state index in [2.05, 4.69) is 0 Å². The molecule has 0 aliphatic rings. The van der Waals surface area contributed by atoms with Gasteiger partial charge in [-0.15, -0.1) is 0 Å². The molecule has 0 bridgehead atoms. The Hall–Kier alpha value is -2.37. The molecule has 4 N–H and O–H groups in total. The van der Waals surface area contributed by atoms with Gasteiger partial charge in [0.2, 0.25) is 0 Å². The summed E-state index contributed by atoms with van der Waals surface area (Å²) in [7, 11) is 0. The van der Waals surface area contributed by atoms with Gasteiger partial charge in [0.25, 0.3) is 0 Å². The van der Waals surface area contributed by atoms with E-state index in [9.17, 15) is 40.9 Å². The number of ether oxygens (including phenoxy) is 1. The quantitative estimate of drug-likeness (QED) is 0.344. The molecule has 33 heavy (non-hydrogen) atoms. The Labute approximate surface area is 185 Å². The van der Waals surface area contributed by atoms with Gasteiger partial charge in [-0.2, -0.15) is 26.3 Å². The first-order valence-electron chi connectivity index (χ1n) is 9.98. The van der Waals surface area contributed by atoms with E-state index in [0.717, 1.165) is 12.1 Å². The van der Waals surface area contributed by atoms with Crippen molar-refractivity contribution in [3.8, 4) is 5.75 Å². The van der Waals surface area contributed by atoms with Crippen molar-refractivity contribution in [2.24, 2.45) is 5.73 Å². The molecule has 0 unspecified atom stereocenters.